The van der Waals surface area contributed by atoms with Gasteiger partial charge in [-0.15, -0.1) is 12.4 Å². The molecule has 3 nitrogen and oxygen atoms in total. The van der Waals surface area contributed by atoms with Crippen molar-refractivity contribution in [2.45, 2.75) is 19.9 Å². The molecule has 0 saturated carbocycles. The number of hydrogen-bond donors (Lipinski definition) is 1. The number of carbonyl (C=O) groups excluding carboxylic acids is 1. The van der Waals surface area contributed by atoms with Crippen LogP contribution < -0.4 is 5.32 Å². The van der Waals surface area contributed by atoms with Crippen LogP contribution in [0.2, 0.25) is 0 Å². The van der Waals surface area contributed by atoms with Crippen LogP contribution in [0.1, 0.15) is 22.8 Å². The van der Waals surface area contributed by atoms with Gasteiger partial charge in [0, 0.05) is 35.7 Å². The van der Waals surface area contributed by atoms with Gasteiger partial charge >= 0.3 is 0 Å². The van der Waals surface area contributed by atoms with Crippen molar-refractivity contribution in [2.75, 3.05) is 19.6 Å². The van der Waals surface area contributed by atoms with Gasteiger partial charge in [0.15, 0.2) is 0 Å². The molecule has 1 atom stereocenters. The minimum Gasteiger partial charge on any atom is -0.333 e. The number of benzene rings is 1. The Balaban J connectivity index is 0.00000162. The summed E-state index contributed by atoms with van der Waals surface area (Å²) >= 11 is 3.47. The highest BCUT2D eigenvalue weighted by Gasteiger charge is 2.25. The van der Waals surface area contributed by atoms with Crippen molar-refractivity contribution in [1.82, 2.24) is 10.2 Å². The molecule has 5 heteroatoms. The highest BCUT2D eigenvalue weighted by atomic mass is 79.9. The number of carbonyl (C=O) groups is 1. The SMILES string of the molecule is Cc1c(Br)cccc1C(=O)N1CCNCC1C.Cl. The lowest BCUT2D eigenvalue weighted by atomic mass is 10.1. The normalized spacial score (nSPS) is 19.3. The zero-order valence-corrected chi connectivity index (χ0v) is 13.0. The summed E-state index contributed by atoms with van der Waals surface area (Å²) in [4.78, 5) is 14.4. The summed E-state index contributed by atoms with van der Waals surface area (Å²) in [6, 6.07) is 6.04. The summed E-state index contributed by atoms with van der Waals surface area (Å²) in [6.45, 7) is 6.59. The summed E-state index contributed by atoms with van der Waals surface area (Å²) < 4.78 is 0.992. The maximum Gasteiger partial charge on any atom is 0.254 e. The van der Waals surface area contributed by atoms with Crippen LogP contribution in [0.25, 0.3) is 0 Å². The Bertz CT molecular complexity index is 439. The number of hydrogen-bond acceptors (Lipinski definition) is 2. The highest BCUT2D eigenvalue weighted by molar-refractivity contribution is 9.10. The molecule has 0 aromatic heterocycles. The molecule has 1 amide bonds. The van der Waals surface area contributed by atoms with Crippen LogP contribution in [-0.2, 0) is 0 Å². The van der Waals surface area contributed by atoms with Crippen LogP contribution in [0.3, 0.4) is 0 Å². The van der Waals surface area contributed by atoms with E-state index >= 15 is 0 Å². The van der Waals surface area contributed by atoms with Gasteiger partial charge in [-0.25, -0.2) is 0 Å². The quantitative estimate of drug-likeness (QED) is 0.857. The third-order valence-electron chi connectivity index (χ3n) is 3.26. The molecule has 1 heterocycles. The molecule has 2 rings (SSSR count). The standard InChI is InChI=1S/C13H17BrN2O.ClH/c1-9-8-15-6-7-16(9)13(17)11-4-3-5-12(14)10(11)2;/h3-5,9,15H,6-8H2,1-2H3;1H. The summed E-state index contributed by atoms with van der Waals surface area (Å²) in [5, 5.41) is 3.29. The van der Waals surface area contributed by atoms with E-state index in [0.717, 1.165) is 35.2 Å². The summed E-state index contributed by atoms with van der Waals surface area (Å²) in [6.07, 6.45) is 0. The fraction of sp³-hybridized carbons (Fsp3) is 0.462. The van der Waals surface area contributed by atoms with E-state index in [4.69, 9.17) is 0 Å². The van der Waals surface area contributed by atoms with Crippen molar-refractivity contribution in [3.8, 4) is 0 Å². The van der Waals surface area contributed by atoms with Crippen molar-refractivity contribution in [3.05, 3.63) is 33.8 Å². The molecule has 1 aliphatic rings. The Hall–Kier alpha value is -0.580. The smallest absolute Gasteiger partial charge is 0.254 e. The van der Waals surface area contributed by atoms with Crippen molar-refractivity contribution >= 4 is 34.2 Å². The topological polar surface area (TPSA) is 32.3 Å². The van der Waals surface area contributed by atoms with Gasteiger partial charge < -0.3 is 10.2 Å². The van der Waals surface area contributed by atoms with Gasteiger partial charge in [-0.1, -0.05) is 22.0 Å². The molecule has 0 aliphatic carbocycles. The Labute approximate surface area is 122 Å². The van der Waals surface area contributed by atoms with Crippen LogP contribution in [0.4, 0.5) is 0 Å². The molecule has 0 radical (unpaired) electrons. The minimum absolute atomic E-state index is 0. The molecule has 0 bridgehead atoms. The third-order valence-corrected chi connectivity index (χ3v) is 4.12. The summed E-state index contributed by atoms with van der Waals surface area (Å²) in [5.41, 5.74) is 1.82. The fourth-order valence-corrected chi connectivity index (χ4v) is 2.50. The monoisotopic (exact) mass is 332 g/mol. The first-order valence-corrected chi connectivity index (χ1v) is 6.67. The molecular weight excluding hydrogens is 316 g/mol. The number of rotatable bonds is 1. The zero-order valence-electron chi connectivity index (χ0n) is 10.6. The van der Waals surface area contributed by atoms with Gasteiger partial charge in [-0.05, 0) is 31.5 Å². The Morgan fingerprint density at radius 2 is 2.22 bits per heavy atom. The van der Waals surface area contributed by atoms with Crippen LogP contribution in [0.5, 0.6) is 0 Å². The van der Waals surface area contributed by atoms with E-state index in [2.05, 4.69) is 28.2 Å². The largest absolute Gasteiger partial charge is 0.333 e. The second-order valence-electron chi connectivity index (χ2n) is 4.46. The number of halogens is 2. The van der Waals surface area contributed by atoms with Crippen molar-refractivity contribution < 1.29 is 4.79 Å². The van der Waals surface area contributed by atoms with Gasteiger partial charge in [-0.3, -0.25) is 4.79 Å². The molecule has 1 aliphatic heterocycles. The van der Waals surface area contributed by atoms with Crippen molar-refractivity contribution in [2.24, 2.45) is 0 Å². The van der Waals surface area contributed by atoms with E-state index in [9.17, 15) is 4.79 Å². The number of nitrogens with zero attached hydrogens (tertiary/aromatic N) is 1. The second-order valence-corrected chi connectivity index (χ2v) is 5.32. The first-order valence-electron chi connectivity index (χ1n) is 5.88. The third kappa shape index (κ3) is 3.05. The van der Waals surface area contributed by atoms with E-state index in [0.29, 0.717) is 0 Å². The van der Waals surface area contributed by atoms with E-state index in [1.165, 1.54) is 0 Å². The van der Waals surface area contributed by atoms with Crippen LogP contribution in [0.15, 0.2) is 22.7 Å². The lowest BCUT2D eigenvalue weighted by Gasteiger charge is -2.34. The zero-order chi connectivity index (χ0) is 12.4. The molecule has 18 heavy (non-hydrogen) atoms. The fourth-order valence-electron chi connectivity index (χ4n) is 2.14. The first-order chi connectivity index (χ1) is 8.11. The number of piperazine rings is 1. The molecule has 1 saturated heterocycles. The molecular formula is C13H18BrClN2O. The maximum atomic E-state index is 12.5. The molecule has 1 aromatic rings. The number of amides is 1. The molecule has 1 N–H and O–H groups in total. The minimum atomic E-state index is 0. The maximum absolute atomic E-state index is 12.5. The summed E-state index contributed by atoms with van der Waals surface area (Å²) in [5.74, 6) is 0.137. The number of nitrogens with one attached hydrogen (secondary N) is 1. The predicted octanol–water partition coefficient (Wildman–Crippen LogP) is 2.61. The van der Waals surface area contributed by atoms with E-state index < -0.39 is 0 Å². The van der Waals surface area contributed by atoms with Gasteiger partial charge in [-0.2, -0.15) is 0 Å². The first kappa shape index (κ1) is 15.5. The van der Waals surface area contributed by atoms with Crippen molar-refractivity contribution in [1.29, 1.82) is 0 Å². The van der Waals surface area contributed by atoms with E-state index in [-0.39, 0.29) is 24.4 Å². The lowest BCUT2D eigenvalue weighted by molar-refractivity contribution is 0.0655. The average Bonchev–Trinajstić information content (AvgIpc) is 2.32. The van der Waals surface area contributed by atoms with E-state index in [1.807, 2.05) is 30.0 Å². The molecule has 100 valence electrons. The predicted molar refractivity (Wildman–Crippen MR) is 79.5 cm³/mol. The van der Waals surface area contributed by atoms with Gasteiger partial charge in [0.05, 0.1) is 0 Å². The van der Waals surface area contributed by atoms with Crippen molar-refractivity contribution in [3.63, 3.8) is 0 Å². The Morgan fingerprint density at radius 3 is 2.89 bits per heavy atom. The van der Waals surface area contributed by atoms with Gasteiger partial charge in [0.2, 0.25) is 0 Å². The molecule has 1 fully saturated rings. The van der Waals surface area contributed by atoms with E-state index in [1.54, 1.807) is 0 Å². The van der Waals surface area contributed by atoms with Gasteiger partial charge in [0.1, 0.15) is 0 Å². The van der Waals surface area contributed by atoms with Crippen LogP contribution in [0, 0.1) is 6.92 Å². The molecule has 1 aromatic carbocycles. The highest BCUT2D eigenvalue weighted by Crippen LogP contribution is 2.21. The second kappa shape index (κ2) is 6.55. The van der Waals surface area contributed by atoms with Gasteiger partial charge in [0.25, 0.3) is 5.91 Å². The van der Waals surface area contributed by atoms with Crippen LogP contribution in [-0.4, -0.2) is 36.5 Å². The lowest BCUT2D eigenvalue weighted by Crippen LogP contribution is -2.52. The molecule has 0 spiro atoms. The molecule has 1 unspecified atom stereocenters. The summed E-state index contributed by atoms with van der Waals surface area (Å²) in [7, 11) is 0. The Morgan fingerprint density at radius 1 is 1.50 bits per heavy atom. The van der Waals surface area contributed by atoms with Crippen LogP contribution >= 0.6 is 28.3 Å². The average molecular weight is 334 g/mol. The Kier molecular flexibility index (Phi) is 5.63.